The zero-order valence-corrected chi connectivity index (χ0v) is 20.5. The number of aromatic nitrogens is 2. The maximum atomic E-state index is 14.1. The van der Waals surface area contributed by atoms with Crippen molar-refractivity contribution in [3.63, 3.8) is 0 Å². The normalized spacial score (nSPS) is 18.8. The minimum Gasteiger partial charge on any atom is -0.306 e. The van der Waals surface area contributed by atoms with E-state index in [4.69, 9.17) is 11.6 Å². The van der Waals surface area contributed by atoms with Gasteiger partial charge in [-0.2, -0.15) is 0 Å². The highest BCUT2D eigenvalue weighted by Gasteiger charge is 2.60. The lowest BCUT2D eigenvalue weighted by molar-refractivity contribution is 0.0372. The number of hydrogen-bond donors (Lipinski definition) is 0. The third-order valence-electron chi connectivity index (χ3n) is 6.48. The number of carbonyl (C=O) groups excluding carboxylic acids is 2. The van der Waals surface area contributed by atoms with Gasteiger partial charge in [0.25, 0.3) is 11.8 Å². The maximum Gasteiger partial charge on any atom is 0.259 e. The Bertz CT molecular complexity index is 1240. The van der Waals surface area contributed by atoms with Crippen LogP contribution >= 0.6 is 23.4 Å². The van der Waals surface area contributed by atoms with Crippen LogP contribution in [0.4, 0.5) is 0 Å². The smallest absolute Gasteiger partial charge is 0.259 e. The highest BCUT2D eigenvalue weighted by atomic mass is 35.5. The van der Waals surface area contributed by atoms with Crippen LogP contribution in [0.1, 0.15) is 58.0 Å². The number of unbranched alkanes of at least 4 members (excludes halogenated alkanes) is 2. The highest BCUT2D eigenvalue weighted by Crippen LogP contribution is 2.50. The SMILES string of the molecule is CCCCCSc1ncccc1C(=O)N1CCN2C(=O)c3ccncc3C21c1ccc(Cl)cc1. The molecule has 4 heterocycles. The van der Waals surface area contributed by atoms with Crippen molar-refractivity contribution in [1.29, 1.82) is 0 Å². The third-order valence-corrected chi connectivity index (χ3v) is 7.82. The predicted molar refractivity (Wildman–Crippen MR) is 133 cm³/mol. The van der Waals surface area contributed by atoms with E-state index in [1.54, 1.807) is 64.4 Å². The Morgan fingerprint density at radius 1 is 1.12 bits per heavy atom. The van der Waals surface area contributed by atoms with Crippen LogP contribution in [0, 0.1) is 0 Å². The van der Waals surface area contributed by atoms with Crippen molar-refractivity contribution in [2.45, 2.75) is 36.9 Å². The second-order valence-electron chi connectivity index (χ2n) is 8.43. The molecule has 1 atom stereocenters. The molecule has 1 fully saturated rings. The number of rotatable bonds is 7. The van der Waals surface area contributed by atoms with Gasteiger partial charge in [0.05, 0.1) is 11.1 Å². The number of amides is 2. The van der Waals surface area contributed by atoms with Crippen LogP contribution in [-0.4, -0.2) is 50.4 Å². The van der Waals surface area contributed by atoms with Gasteiger partial charge < -0.3 is 9.80 Å². The van der Waals surface area contributed by atoms with Crippen molar-refractivity contribution in [1.82, 2.24) is 19.8 Å². The summed E-state index contributed by atoms with van der Waals surface area (Å²) >= 11 is 7.80. The van der Waals surface area contributed by atoms with Gasteiger partial charge in [-0.3, -0.25) is 14.6 Å². The van der Waals surface area contributed by atoms with Crippen LogP contribution in [0.5, 0.6) is 0 Å². The number of halogens is 1. The Morgan fingerprint density at radius 3 is 2.74 bits per heavy atom. The lowest BCUT2D eigenvalue weighted by atomic mass is 9.90. The van der Waals surface area contributed by atoms with Crippen LogP contribution in [0.3, 0.4) is 0 Å². The monoisotopic (exact) mass is 492 g/mol. The summed E-state index contributed by atoms with van der Waals surface area (Å²) in [6.45, 7) is 3.02. The van der Waals surface area contributed by atoms with Crippen molar-refractivity contribution >= 4 is 35.2 Å². The quantitative estimate of drug-likeness (QED) is 0.334. The van der Waals surface area contributed by atoms with Gasteiger partial charge in [-0.15, -0.1) is 11.8 Å². The molecule has 1 aromatic carbocycles. The van der Waals surface area contributed by atoms with Crippen molar-refractivity contribution in [2.75, 3.05) is 18.8 Å². The Hall–Kier alpha value is -2.90. The molecule has 1 unspecified atom stereocenters. The van der Waals surface area contributed by atoms with E-state index < -0.39 is 5.66 Å². The average Bonchev–Trinajstić information content (AvgIpc) is 3.38. The molecule has 0 spiro atoms. The molecule has 2 amide bonds. The first-order valence-corrected chi connectivity index (χ1v) is 12.9. The van der Waals surface area contributed by atoms with Gasteiger partial charge in [-0.25, -0.2) is 4.98 Å². The van der Waals surface area contributed by atoms with Crippen molar-refractivity contribution in [3.05, 3.63) is 88.3 Å². The summed E-state index contributed by atoms with van der Waals surface area (Å²) in [5, 5.41) is 1.32. The van der Waals surface area contributed by atoms with E-state index in [9.17, 15) is 9.59 Å². The minimum atomic E-state index is -1.07. The zero-order valence-electron chi connectivity index (χ0n) is 18.9. The van der Waals surface area contributed by atoms with E-state index in [2.05, 4.69) is 16.9 Å². The summed E-state index contributed by atoms with van der Waals surface area (Å²) in [7, 11) is 0. The fourth-order valence-corrected chi connectivity index (χ4v) is 6.06. The van der Waals surface area contributed by atoms with Crippen LogP contribution in [-0.2, 0) is 5.66 Å². The number of hydrogen-bond acceptors (Lipinski definition) is 5. The Morgan fingerprint density at radius 2 is 1.94 bits per heavy atom. The summed E-state index contributed by atoms with van der Waals surface area (Å²) in [6.07, 6.45) is 8.41. The summed E-state index contributed by atoms with van der Waals surface area (Å²) in [5.74, 6) is 0.668. The molecular formula is C26H25ClN4O2S. The molecule has 2 aromatic heterocycles. The van der Waals surface area contributed by atoms with E-state index in [0.717, 1.165) is 35.6 Å². The molecule has 3 aromatic rings. The number of fused-ring (bicyclic) bond motifs is 3. The molecule has 2 aliphatic heterocycles. The summed E-state index contributed by atoms with van der Waals surface area (Å²) in [5.41, 5.74) is 1.59. The van der Waals surface area contributed by atoms with E-state index in [0.29, 0.717) is 34.8 Å². The van der Waals surface area contributed by atoms with Crippen LogP contribution in [0.25, 0.3) is 0 Å². The zero-order chi connectivity index (χ0) is 23.7. The van der Waals surface area contributed by atoms with E-state index in [-0.39, 0.29) is 11.8 Å². The second-order valence-corrected chi connectivity index (χ2v) is 9.95. The summed E-state index contributed by atoms with van der Waals surface area (Å²) in [4.78, 5) is 40.0. The van der Waals surface area contributed by atoms with Gasteiger partial charge >= 0.3 is 0 Å². The molecule has 5 rings (SSSR count). The lowest BCUT2D eigenvalue weighted by Crippen LogP contribution is -2.51. The first kappa shape index (κ1) is 22.9. The molecule has 0 radical (unpaired) electrons. The highest BCUT2D eigenvalue weighted by molar-refractivity contribution is 7.99. The molecule has 0 bridgehead atoms. The van der Waals surface area contributed by atoms with Crippen molar-refractivity contribution < 1.29 is 9.59 Å². The van der Waals surface area contributed by atoms with Crippen molar-refractivity contribution in [3.8, 4) is 0 Å². The molecule has 34 heavy (non-hydrogen) atoms. The third kappa shape index (κ3) is 3.58. The molecule has 0 aliphatic carbocycles. The molecule has 174 valence electrons. The molecule has 0 saturated carbocycles. The molecular weight excluding hydrogens is 468 g/mol. The molecule has 1 saturated heterocycles. The van der Waals surface area contributed by atoms with Crippen molar-refractivity contribution in [2.24, 2.45) is 0 Å². The van der Waals surface area contributed by atoms with Gasteiger partial charge in [0, 0.05) is 47.8 Å². The Kier molecular flexibility index (Phi) is 6.32. The van der Waals surface area contributed by atoms with Gasteiger partial charge in [0.15, 0.2) is 5.66 Å². The van der Waals surface area contributed by atoms with E-state index in [1.807, 2.05) is 18.2 Å². The predicted octanol–water partition coefficient (Wildman–Crippen LogP) is 5.23. The standard InChI is InChI=1S/C26H25ClN4O2S/c1-2-3-4-16-34-23-21(6-5-12-29-23)25(33)31-15-14-30-24(32)20-11-13-28-17-22(20)26(30,31)18-7-9-19(27)10-8-18/h5-13,17H,2-4,14-16H2,1H3. The number of nitrogens with zero attached hydrogens (tertiary/aromatic N) is 4. The second kappa shape index (κ2) is 9.39. The minimum absolute atomic E-state index is 0.0944. The maximum absolute atomic E-state index is 14.1. The van der Waals surface area contributed by atoms with Crippen LogP contribution in [0.15, 0.2) is 66.1 Å². The van der Waals surface area contributed by atoms with E-state index in [1.165, 1.54) is 0 Å². The van der Waals surface area contributed by atoms with E-state index >= 15 is 0 Å². The Balaban J connectivity index is 1.61. The largest absolute Gasteiger partial charge is 0.306 e. The van der Waals surface area contributed by atoms with Crippen LogP contribution in [0.2, 0.25) is 5.02 Å². The fourth-order valence-electron chi connectivity index (χ4n) is 4.95. The number of thioether (sulfide) groups is 1. The first-order chi connectivity index (χ1) is 16.6. The summed E-state index contributed by atoms with van der Waals surface area (Å²) in [6, 6.07) is 12.7. The molecule has 2 aliphatic rings. The number of benzene rings is 1. The molecule has 0 N–H and O–H groups in total. The van der Waals surface area contributed by atoms with Crippen LogP contribution < -0.4 is 0 Å². The summed E-state index contributed by atoms with van der Waals surface area (Å²) < 4.78 is 0. The molecule has 6 nitrogen and oxygen atoms in total. The number of carbonyl (C=O) groups is 2. The lowest BCUT2D eigenvalue weighted by Gasteiger charge is -2.40. The van der Waals surface area contributed by atoms with Gasteiger partial charge in [-0.05, 0) is 42.5 Å². The number of pyridine rings is 2. The first-order valence-electron chi connectivity index (χ1n) is 11.5. The topological polar surface area (TPSA) is 66.4 Å². The molecule has 8 heteroatoms. The van der Waals surface area contributed by atoms with Gasteiger partial charge in [0.1, 0.15) is 5.03 Å². The van der Waals surface area contributed by atoms with Gasteiger partial charge in [0.2, 0.25) is 0 Å². The fraction of sp³-hybridized carbons (Fsp3) is 0.308. The van der Waals surface area contributed by atoms with Gasteiger partial charge in [-0.1, -0.05) is 43.5 Å². The average molecular weight is 493 g/mol. The Labute approximate surface area is 208 Å².